The normalized spacial score (nSPS) is 17.4. The summed E-state index contributed by atoms with van der Waals surface area (Å²) in [6.07, 6.45) is 0.714. The summed E-state index contributed by atoms with van der Waals surface area (Å²) in [7, 11) is 0. The molecule has 0 unspecified atom stereocenters. The number of nitrogens with zero attached hydrogens (tertiary/aromatic N) is 1. The third kappa shape index (κ3) is 8.50. The van der Waals surface area contributed by atoms with Crippen LogP contribution in [0.2, 0.25) is 0 Å². The molecule has 1 amide bonds. The first-order chi connectivity index (χ1) is 20.8. The summed E-state index contributed by atoms with van der Waals surface area (Å²) in [6, 6.07) is 39.0. The van der Waals surface area contributed by atoms with E-state index in [2.05, 4.69) is 0 Å². The minimum atomic E-state index is -1.26. The molecule has 43 heavy (non-hydrogen) atoms. The van der Waals surface area contributed by atoms with Crippen LogP contribution < -0.4 is 0 Å². The number of hydrogen-bond donors (Lipinski definition) is 2. The molecule has 4 aromatic rings. The molecule has 3 atom stereocenters. The number of carboxylic acids is 2. The Labute approximate surface area is 249 Å². The van der Waals surface area contributed by atoms with Crippen molar-refractivity contribution in [1.82, 2.24) is 4.90 Å². The first kappa shape index (κ1) is 30.5. The molecule has 4 aromatic carbocycles. The zero-order chi connectivity index (χ0) is 30.6. The zero-order valence-corrected chi connectivity index (χ0v) is 23.2. The molecule has 0 bridgehead atoms. The fourth-order valence-electron chi connectivity index (χ4n) is 5.00. The lowest BCUT2D eigenvalue weighted by molar-refractivity contribution is -0.144. The maximum absolute atomic E-state index is 13.6. The van der Waals surface area contributed by atoms with Crippen molar-refractivity contribution in [2.45, 2.75) is 18.6 Å². The van der Waals surface area contributed by atoms with E-state index >= 15 is 0 Å². The van der Waals surface area contributed by atoms with Gasteiger partial charge >= 0.3 is 17.9 Å². The molecule has 0 aromatic heterocycles. The Morgan fingerprint density at radius 2 is 1.14 bits per heavy atom. The first-order valence-corrected chi connectivity index (χ1v) is 13.7. The number of cyclic esters (lactones) is 1. The zero-order valence-electron chi connectivity index (χ0n) is 23.2. The summed E-state index contributed by atoms with van der Waals surface area (Å²) in [5.74, 6) is -3.57. The monoisotopic (exact) mass is 577 g/mol. The van der Waals surface area contributed by atoms with Crippen molar-refractivity contribution in [1.29, 1.82) is 0 Å². The van der Waals surface area contributed by atoms with Gasteiger partial charge in [-0.2, -0.15) is 0 Å². The van der Waals surface area contributed by atoms with E-state index in [4.69, 9.17) is 14.9 Å². The molecule has 1 saturated heterocycles. The molecule has 8 nitrogen and oxygen atoms in total. The van der Waals surface area contributed by atoms with Crippen LogP contribution in [0.4, 0.5) is 0 Å². The van der Waals surface area contributed by atoms with Gasteiger partial charge in [0, 0.05) is 36.7 Å². The Kier molecular flexibility index (Phi) is 10.6. The summed E-state index contributed by atoms with van der Waals surface area (Å²) in [5.41, 5.74) is 3.61. The molecule has 1 aliphatic heterocycles. The van der Waals surface area contributed by atoms with Gasteiger partial charge in [-0.05, 0) is 28.8 Å². The Morgan fingerprint density at radius 1 is 0.674 bits per heavy atom. The third-order valence-corrected chi connectivity index (χ3v) is 6.93. The summed E-state index contributed by atoms with van der Waals surface area (Å²) in [6.45, 7) is 0.681. The number of hydrogen-bond acceptors (Lipinski definition) is 5. The lowest BCUT2D eigenvalue weighted by atomic mass is 9.81. The number of esters is 1. The molecule has 0 spiro atoms. The SMILES string of the molecule is O=C(O)/C=C/C(=O)O.O=C1O[C@@H](c2ccccc2)[C@H](c2ccccc2)[C@H]1CN(Cc1ccccc1)C(=O)c1ccccc1. The van der Waals surface area contributed by atoms with Crippen LogP contribution in [-0.2, 0) is 25.7 Å². The van der Waals surface area contributed by atoms with Gasteiger partial charge in [-0.15, -0.1) is 0 Å². The second-order valence-electron chi connectivity index (χ2n) is 9.86. The van der Waals surface area contributed by atoms with E-state index in [0.29, 0.717) is 24.3 Å². The first-order valence-electron chi connectivity index (χ1n) is 13.7. The second-order valence-corrected chi connectivity index (χ2v) is 9.86. The van der Waals surface area contributed by atoms with Crippen LogP contribution in [0.5, 0.6) is 0 Å². The van der Waals surface area contributed by atoms with Gasteiger partial charge in [0.25, 0.3) is 5.91 Å². The molecular weight excluding hydrogens is 546 g/mol. The van der Waals surface area contributed by atoms with Gasteiger partial charge in [-0.3, -0.25) is 9.59 Å². The number of aliphatic carboxylic acids is 2. The van der Waals surface area contributed by atoms with Crippen LogP contribution in [0.25, 0.3) is 0 Å². The van der Waals surface area contributed by atoms with Crippen LogP contribution in [0.3, 0.4) is 0 Å². The van der Waals surface area contributed by atoms with Crippen molar-refractivity contribution in [3.8, 4) is 0 Å². The van der Waals surface area contributed by atoms with Gasteiger partial charge < -0.3 is 19.8 Å². The highest BCUT2D eigenvalue weighted by Crippen LogP contribution is 2.46. The largest absolute Gasteiger partial charge is 0.478 e. The number of carboxylic acid groups (broad SMARTS) is 2. The molecule has 1 aliphatic rings. The molecular formula is C35H31NO7. The van der Waals surface area contributed by atoms with E-state index in [1.165, 1.54) is 0 Å². The van der Waals surface area contributed by atoms with E-state index in [-0.39, 0.29) is 24.3 Å². The van der Waals surface area contributed by atoms with Gasteiger partial charge in [-0.1, -0.05) is 109 Å². The minimum Gasteiger partial charge on any atom is -0.478 e. The highest BCUT2D eigenvalue weighted by atomic mass is 16.6. The maximum Gasteiger partial charge on any atom is 0.328 e. The summed E-state index contributed by atoms with van der Waals surface area (Å²) in [4.78, 5) is 47.8. The summed E-state index contributed by atoms with van der Waals surface area (Å²) in [5, 5.41) is 15.6. The Morgan fingerprint density at radius 3 is 1.65 bits per heavy atom. The highest BCUT2D eigenvalue weighted by molar-refractivity contribution is 5.94. The van der Waals surface area contributed by atoms with Crippen molar-refractivity contribution in [3.63, 3.8) is 0 Å². The van der Waals surface area contributed by atoms with Crippen LogP contribution in [0.15, 0.2) is 133 Å². The number of rotatable bonds is 9. The van der Waals surface area contributed by atoms with Gasteiger partial charge in [0.2, 0.25) is 0 Å². The van der Waals surface area contributed by atoms with E-state index in [0.717, 1.165) is 16.7 Å². The molecule has 1 heterocycles. The highest BCUT2D eigenvalue weighted by Gasteiger charge is 2.47. The lowest BCUT2D eigenvalue weighted by Gasteiger charge is -2.28. The standard InChI is InChI=1S/C31H27NO3.C4H4O4/c33-30(26-19-11-4-12-20-26)32(21-23-13-5-1-6-14-23)22-27-28(24-15-7-2-8-16-24)29(35-31(27)34)25-17-9-3-10-18-25;5-3(6)1-2-4(7)8/h1-20,27-29H,21-22H2;1-2H,(H,5,6)(H,7,8)/b;2-1+/t27-,28-,29+;/m1./s1. The average Bonchev–Trinajstić information content (AvgIpc) is 3.37. The van der Waals surface area contributed by atoms with E-state index < -0.39 is 24.0 Å². The van der Waals surface area contributed by atoms with E-state index in [9.17, 15) is 19.2 Å². The fourth-order valence-corrected chi connectivity index (χ4v) is 5.00. The lowest BCUT2D eigenvalue weighted by Crippen LogP contribution is -2.38. The second kappa shape index (κ2) is 14.9. The van der Waals surface area contributed by atoms with Crippen LogP contribution in [0, 0.1) is 5.92 Å². The van der Waals surface area contributed by atoms with Crippen LogP contribution >= 0.6 is 0 Å². The average molecular weight is 578 g/mol. The van der Waals surface area contributed by atoms with Gasteiger partial charge in [0.15, 0.2) is 0 Å². The number of ether oxygens (including phenoxy) is 1. The van der Waals surface area contributed by atoms with Gasteiger partial charge in [0.05, 0.1) is 5.92 Å². The smallest absolute Gasteiger partial charge is 0.328 e. The quantitative estimate of drug-likeness (QED) is 0.192. The Balaban J connectivity index is 0.000000467. The molecule has 8 heteroatoms. The van der Waals surface area contributed by atoms with E-state index in [1.807, 2.05) is 121 Å². The van der Waals surface area contributed by atoms with Gasteiger partial charge in [0.1, 0.15) is 6.10 Å². The number of amides is 1. The minimum absolute atomic E-state index is 0.0998. The topological polar surface area (TPSA) is 121 Å². The van der Waals surface area contributed by atoms with Crippen LogP contribution in [0.1, 0.15) is 39.1 Å². The van der Waals surface area contributed by atoms with Crippen LogP contribution in [-0.4, -0.2) is 45.5 Å². The molecule has 0 aliphatic carbocycles. The van der Waals surface area contributed by atoms with Gasteiger partial charge in [-0.25, -0.2) is 9.59 Å². The van der Waals surface area contributed by atoms with E-state index in [1.54, 1.807) is 4.90 Å². The maximum atomic E-state index is 13.6. The Bertz CT molecular complexity index is 1520. The van der Waals surface area contributed by atoms with Crippen molar-refractivity contribution < 1.29 is 34.1 Å². The fraction of sp³-hybridized carbons (Fsp3) is 0.143. The predicted octanol–water partition coefficient (Wildman–Crippen LogP) is 5.74. The molecule has 218 valence electrons. The van der Waals surface area contributed by atoms with Crippen molar-refractivity contribution in [3.05, 3.63) is 156 Å². The van der Waals surface area contributed by atoms with Crippen molar-refractivity contribution >= 4 is 23.8 Å². The van der Waals surface area contributed by atoms with Crippen molar-refractivity contribution in [2.75, 3.05) is 6.54 Å². The Hall–Kier alpha value is -5.50. The van der Waals surface area contributed by atoms with Crippen molar-refractivity contribution in [2.24, 2.45) is 5.92 Å². The predicted molar refractivity (Wildman–Crippen MR) is 160 cm³/mol. The molecule has 2 N–H and O–H groups in total. The molecule has 5 rings (SSSR count). The number of benzene rings is 4. The molecule has 1 fully saturated rings. The number of carbonyl (C=O) groups excluding carboxylic acids is 2. The summed E-state index contributed by atoms with van der Waals surface area (Å²) < 4.78 is 5.99. The molecule has 0 saturated carbocycles. The third-order valence-electron chi connectivity index (χ3n) is 6.93. The summed E-state index contributed by atoms with van der Waals surface area (Å²) >= 11 is 0. The molecule has 0 radical (unpaired) electrons. The number of carbonyl (C=O) groups is 4.